The maximum atomic E-state index is 13.4. The van der Waals surface area contributed by atoms with E-state index in [1.165, 1.54) is 0 Å². The number of hydrogen-bond donors (Lipinski definition) is 5. The summed E-state index contributed by atoms with van der Waals surface area (Å²) >= 11 is 6.48. The quantitative estimate of drug-likeness (QED) is 0.177. The van der Waals surface area contributed by atoms with Gasteiger partial charge in [-0.15, -0.1) is 0 Å². The van der Waals surface area contributed by atoms with Crippen LogP contribution in [0.4, 0.5) is 29.4 Å². The van der Waals surface area contributed by atoms with Crippen molar-refractivity contribution in [2.75, 3.05) is 29.1 Å². The number of H-pyrrole nitrogens is 1. The summed E-state index contributed by atoms with van der Waals surface area (Å²) < 4.78 is 5.34. The molecule has 44 heavy (non-hydrogen) atoms. The van der Waals surface area contributed by atoms with E-state index in [1.54, 1.807) is 38.8 Å². The van der Waals surface area contributed by atoms with E-state index in [2.05, 4.69) is 41.1 Å². The van der Waals surface area contributed by atoms with Gasteiger partial charge in [0.15, 0.2) is 0 Å². The van der Waals surface area contributed by atoms with Crippen LogP contribution in [-0.2, 0) is 14.3 Å². The normalized spacial score (nSPS) is 14.8. The van der Waals surface area contributed by atoms with Gasteiger partial charge in [-0.3, -0.25) is 14.7 Å². The van der Waals surface area contributed by atoms with Gasteiger partial charge in [0.2, 0.25) is 23.8 Å². The Morgan fingerprint density at radius 1 is 1.11 bits per heavy atom. The summed E-state index contributed by atoms with van der Waals surface area (Å²) in [6, 6.07) is 7.69. The standard InChI is InChI=1S/C30H43ClN10O3/c1-29(2,3)23(24(42)33-15-14-19(32)25(43)44-30(4,5)6)35-27-36-26(34-22-16-20(39-40-22)17-12-13-17)37-28(38-27)41(7)21-11-9-8-10-18(21)31/h8-11,16-17,19,23H,12-15,32H2,1-7H3,(H,33,42)(H3,34,35,36,37,38,39,40)/t19?,23-/m1/s1. The Morgan fingerprint density at radius 3 is 2.43 bits per heavy atom. The molecule has 1 unspecified atom stereocenters. The molecule has 14 heteroatoms. The zero-order valence-electron chi connectivity index (χ0n) is 26.4. The van der Waals surface area contributed by atoms with Gasteiger partial charge in [0.25, 0.3) is 0 Å². The van der Waals surface area contributed by atoms with Crippen molar-refractivity contribution in [2.24, 2.45) is 11.1 Å². The van der Waals surface area contributed by atoms with E-state index in [1.807, 2.05) is 45.0 Å². The maximum absolute atomic E-state index is 13.4. The number of halogens is 1. The van der Waals surface area contributed by atoms with Gasteiger partial charge in [-0.05, 0) is 57.6 Å². The minimum absolute atomic E-state index is 0.180. The lowest BCUT2D eigenvalue weighted by molar-refractivity contribution is -0.156. The Kier molecular flexibility index (Phi) is 9.99. The van der Waals surface area contributed by atoms with Crippen LogP contribution in [0.3, 0.4) is 0 Å². The van der Waals surface area contributed by atoms with Crippen LogP contribution in [0.1, 0.15) is 72.4 Å². The van der Waals surface area contributed by atoms with Crippen molar-refractivity contribution in [2.45, 2.75) is 84.4 Å². The second kappa shape index (κ2) is 13.3. The number of aromatic amines is 1. The van der Waals surface area contributed by atoms with Crippen LogP contribution in [-0.4, -0.2) is 68.3 Å². The summed E-state index contributed by atoms with van der Waals surface area (Å²) in [5.74, 6) is 1.03. The molecule has 1 aliphatic rings. The molecule has 1 fully saturated rings. The lowest BCUT2D eigenvalue weighted by Crippen LogP contribution is -2.49. The van der Waals surface area contributed by atoms with Gasteiger partial charge in [-0.2, -0.15) is 20.1 Å². The lowest BCUT2D eigenvalue weighted by atomic mass is 9.86. The van der Waals surface area contributed by atoms with Crippen LogP contribution in [0.15, 0.2) is 30.3 Å². The molecule has 3 aromatic rings. The summed E-state index contributed by atoms with van der Waals surface area (Å²) in [5, 5.41) is 17.2. The first-order chi connectivity index (χ1) is 20.6. The summed E-state index contributed by atoms with van der Waals surface area (Å²) in [5.41, 5.74) is 6.50. The molecule has 0 aliphatic heterocycles. The fraction of sp³-hybridized carbons (Fsp3) is 0.533. The van der Waals surface area contributed by atoms with Crippen LogP contribution in [0.5, 0.6) is 0 Å². The molecule has 2 aromatic heterocycles. The first-order valence-corrected chi connectivity index (χ1v) is 15.1. The van der Waals surface area contributed by atoms with Crippen molar-refractivity contribution in [3.05, 3.63) is 41.0 Å². The molecule has 2 atom stereocenters. The van der Waals surface area contributed by atoms with Crippen molar-refractivity contribution in [1.82, 2.24) is 30.5 Å². The molecule has 0 spiro atoms. The van der Waals surface area contributed by atoms with E-state index in [9.17, 15) is 9.59 Å². The Balaban J connectivity index is 1.55. The van der Waals surface area contributed by atoms with Gasteiger partial charge in [-0.25, -0.2) is 0 Å². The molecule has 2 heterocycles. The van der Waals surface area contributed by atoms with Crippen LogP contribution in [0.2, 0.25) is 5.02 Å². The third-order valence-electron chi connectivity index (χ3n) is 6.84. The number of anilines is 5. The second-order valence-corrected chi connectivity index (χ2v) is 13.5. The molecule has 6 N–H and O–H groups in total. The largest absolute Gasteiger partial charge is 0.459 e. The number of esters is 1. The first-order valence-electron chi connectivity index (χ1n) is 14.7. The molecule has 1 amide bonds. The molecular formula is C30H43ClN10O3. The van der Waals surface area contributed by atoms with E-state index in [0.29, 0.717) is 28.4 Å². The van der Waals surface area contributed by atoms with Gasteiger partial charge < -0.3 is 31.3 Å². The third-order valence-corrected chi connectivity index (χ3v) is 7.16. The Morgan fingerprint density at radius 2 is 1.80 bits per heavy atom. The highest BCUT2D eigenvalue weighted by Gasteiger charge is 2.33. The minimum Gasteiger partial charge on any atom is -0.459 e. The highest BCUT2D eigenvalue weighted by Crippen LogP contribution is 2.39. The molecule has 0 radical (unpaired) electrons. The lowest BCUT2D eigenvalue weighted by Gasteiger charge is -2.31. The SMILES string of the molecule is CN(c1nc(Nc2cc(C3CC3)n[nH]2)nc(N[C@H](C(=O)NCCC(N)C(=O)OC(C)(C)C)C(C)(C)C)n1)c1ccccc1Cl. The van der Waals surface area contributed by atoms with Crippen LogP contribution in [0.25, 0.3) is 0 Å². The van der Waals surface area contributed by atoms with E-state index in [4.69, 9.17) is 22.1 Å². The maximum Gasteiger partial charge on any atom is 0.323 e. The summed E-state index contributed by atoms with van der Waals surface area (Å²) in [6.07, 6.45) is 2.47. The van der Waals surface area contributed by atoms with Crippen LogP contribution < -0.4 is 26.6 Å². The molecule has 1 aromatic carbocycles. The highest BCUT2D eigenvalue weighted by atomic mass is 35.5. The number of aromatic nitrogens is 5. The van der Waals surface area contributed by atoms with Crippen molar-refractivity contribution in [1.29, 1.82) is 0 Å². The first kappa shape index (κ1) is 32.9. The number of rotatable bonds is 12. The number of carbonyl (C=O) groups is 2. The number of amides is 1. The number of para-hydroxylation sites is 1. The Hall–Kier alpha value is -3.97. The fourth-order valence-electron chi connectivity index (χ4n) is 4.33. The Bertz CT molecular complexity index is 1460. The average Bonchev–Trinajstić information content (AvgIpc) is 3.68. The topological polar surface area (TPSA) is 176 Å². The van der Waals surface area contributed by atoms with Crippen molar-refractivity contribution in [3.8, 4) is 0 Å². The van der Waals surface area contributed by atoms with E-state index >= 15 is 0 Å². The zero-order chi connectivity index (χ0) is 32.2. The van der Waals surface area contributed by atoms with E-state index < -0.39 is 29.1 Å². The number of benzene rings is 1. The van der Waals surface area contributed by atoms with Gasteiger partial charge in [0, 0.05) is 25.6 Å². The van der Waals surface area contributed by atoms with Gasteiger partial charge in [0.05, 0.1) is 16.4 Å². The zero-order valence-corrected chi connectivity index (χ0v) is 27.1. The van der Waals surface area contributed by atoms with Crippen molar-refractivity contribution in [3.63, 3.8) is 0 Å². The smallest absolute Gasteiger partial charge is 0.323 e. The van der Waals surface area contributed by atoms with Crippen molar-refractivity contribution < 1.29 is 14.3 Å². The molecule has 0 saturated heterocycles. The van der Waals surface area contributed by atoms with Crippen LogP contribution >= 0.6 is 11.6 Å². The van der Waals surface area contributed by atoms with Crippen molar-refractivity contribution >= 4 is 52.8 Å². The number of hydrogen-bond acceptors (Lipinski definition) is 11. The minimum atomic E-state index is -0.862. The number of nitrogens with one attached hydrogen (secondary N) is 4. The van der Waals surface area contributed by atoms with Gasteiger partial charge in [-0.1, -0.05) is 44.5 Å². The predicted molar refractivity (Wildman–Crippen MR) is 172 cm³/mol. The molecule has 1 aliphatic carbocycles. The Labute approximate surface area is 263 Å². The van der Waals surface area contributed by atoms with Gasteiger partial charge in [0.1, 0.15) is 23.5 Å². The third kappa shape index (κ3) is 9.02. The second-order valence-electron chi connectivity index (χ2n) is 13.1. The molecule has 13 nitrogen and oxygen atoms in total. The molecule has 4 rings (SSSR count). The average molecular weight is 627 g/mol. The van der Waals surface area contributed by atoms with E-state index in [0.717, 1.165) is 18.5 Å². The van der Waals surface area contributed by atoms with Crippen LogP contribution in [0, 0.1) is 5.41 Å². The number of nitrogens with two attached hydrogens (primary N) is 1. The number of carbonyl (C=O) groups excluding carboxylic acids is 2. The number of ether oxygens (including phenoxy) is 1. The molecular weight excluding hydrogens is 584 g/mol. The molecule has 0 bridgehead atoms. The predicted octanol–water partition coefficient (Wildman–Crippen LogP) is 4.64. The highest BCUT2D eigenvalue weighted by molar-refractivity contribution is 6.33. The fourth-order valence-corrected chi connectivity index (χ4v) is 4.59. The van der Waals surface area contributed by atoms with Gasteiger partial charge >= 0.3 is 5.97 Å². The summed E-state index contributed by atoms with van der Waals surface area (Å²) in [7, 11) is 1.80. The number of nitrogens with zero attached hydrogens (tertiary/aromatic N) is 5. The molecule has 238 valence electrons. The summed E-state index contributed by atoms with van der Waals surface area (Å²) in [6.45, 7) is 11.3. The summed E-state index contributed by atoms with van der Waals surface area (Å²) in [4.78, 5) is 41.3. The van der Waals surface area contributed by atoms with E-state index in [-0.39, 0.29) is 30.8 Å². The monoisotopic (exact) mass is 626 g/mol. The molecule has 1 saturated carbocycles.